The average Bonchev–Trinajstić information content (AvgIpc) is 2.53. The fraction of sp³-hybridized carbons (Fsp3) is 1.00. The lowest BCUT2D eigenvalue weighted by molar-refractivity contribution is -0.0165. The first kappa shape index (κ1) is 16.8. The van der Waals surface area contributed by atoms with Crippen molar-refractivity contribution < 1.29 is 10.2 Å². The fourth-order valence-electron chi connectivity index (χ4n) is 5.37. The largest absolute Gasteiger partial charge is 0.390 e. The molecule has 2 atom stereocenters. The van der Waals surface area contributed by atoms with Gasteiger partial charge in [0.1, 0.15) is 0 Å². The van der Waals surface area contributed by atoms with E-state index in [1.165, 1.54) is 77.0 Å². The molecule has 0 aromatic carbocycles. The first-order valence-electron chi connectivity index (χ1n) is 10.1. The van der Waals surface area contributed by atoms with E-state index in [0.717, 1.165) is 24.7 Å². The highest BCUT2D eigenvalue weighted by atomic mass is 16.3. The van der Waals surface area contributed by atoms with E-state index in [0.29, 0.717) is 11.8 Å². The zero-order valence-corrected chi connectivity index (χ0v) is 14.3. The molecule has 6 saturated carbocycles. The lowest BCUT2D eigenvalue weighted by atomic mass is 9.74. The molecule has 0 aromatic rings. The Balaban J connectivity index is 1.58. The Hall–Kier alpha value is -0.0800. The van der Waals surface area contributed by atoms with Crippen LogP contribution in [-0.2, 0) is 0 Å². The standard InChI is InChI=1S/C20H36O2/c21-19-13-17-9-5-15(6-10-17)3-1-2-4-16-7-11-18(12-8-16)14-20(19)22/h15-22H,1-14H2/t15?,16?,17?,18?,19-,20+. The van der Waals surface area contributed by atoms with Gasteiger partial charge < -0.3 is 10.2 Å². The lowest BCUT2D eigenvalue weighted by Gasteiger charge is -2.34. The summed E-state index contributed by atoms with van der Waals surface area (Å²) in [6.07, 6.45) is 17.0. The molecule has 6 aliphatic carbocycles. The molecule has 128 valence electrons. The SMILES string of the molecule is O[C@@H]1CC2CCC(CCCCC3CCC(CC3)C[C@@H]1O)CC2. The predicted molar refractivity (Wildman–Crippen MR) is 90.6 cm³/mol. The highest BCUT2D eigenvalue weighted by Gasteiger charge is 2.29. The van der Waals surface area contributed by atoms with Crippen molar-refractivity contribution in [1.82, 2.24) is 0 Å². The molecule has 6 aliphatic rings. The molecule has 2 heteroatoms. The smallest absolute Gasteiger partial charge is 0.0801 e. The lowest BCUT2D eigenvalue weighted by Crippen LogP contribution is -2.32. The molecular formula is C20H36O2. The summed E-state index contributed by atoms with van der Waals surface area (Å²) >= 11 is 0. The number of aliphatic hydroxyl groups excluding tert-OH is 2. The van der Waals surface area contributed by atoms with Crippen LogP contribution in [0.15, 0.2) is 0 Å². The Morgan fingerprint density at radius 2 is 0.727 bits per heavy atom. The minimum absolute atomic E-state index is 0.479. The van der Waals surface area contributed by atoms with Gasteiger partial charge in [0.25, 0.3) is 0 Å². The van der Waals surface area contributed by atoms with Gasteiger partial charge in [-0.1, -0.05) is 77.0 Å². The zero-order chi connectivity index (χ0) is 15.4. The third kappa shape index (κ3) is 4.71. The van der Waals surface area contributed by atoms with Crippen molar-refractivity contribution in [2.24, 2.45) is 23.7 Å². The highest BCUT2D eigenvalue weighted by molar-refractivity contribution is 4.81. The average molecular weight is 309 g/mol. The molecule has 2 N–H and O–H groups in total. The zero-order valence-electron chi connectivity index (χ0n) is 14.3. The molecule has 0 unspecified atom stereocenters. The summed E-state index contributed by atoms with van der Waals surface area (Å²) in [5.74, 6) is 3.21. The van der Waals surface area contributed by atoms with Gasteiger partial charge >= 0.3 is 0 Å². The van der Waals surface area contributed by atoms with Crippen LogP contribution in [0.25, 0.3) is 0 Å². The summed E-state index contributed by atoms with van der Waals surface area (Å²) < 4.78 is 0. The number of hydrogen-bond acceptors (Lipinski definition) is 2. The molecule has 0 radical (unpaired) electrons. The number of rotatable bonds is 0. The predicted octanol–water partition coefficient (Wildman–Crippen LogP) is 4.68. The van der Waals surface area contributed by atoms with Crippen molar-refractivity contribution in [3.8, 4) is 0 Å². The topological polar surface area (TPSA) is 40.5 Å². The van der Waals surface area contributed by atoms with E-state index in [1.807, 2.05) is 0 Å². The van der Waals surface area contributed by atoms with Gasteiger partial charge in [-0.15, -0.1) is 0 Å². The molecule has 0 amide bonds. The van der Waals surface area contributed by atoms with Crippen LogP contribution in [0.4, 0.5) is 0 Å². The van der Waals surface area contributed by atoms with E-state index in [4.69, 9.17) is 0 Å². The molecule has 0 aromatic heterocycles. The normalized spacial score (nSPS) is 45.0. The summed E-state index contributed by atoms with van der Waals surface area (Å²) in [5.41, 5.74) is 0. The number of aliphatic hydroxyl groups is 2. The second kappa shape index (κ2) is 8.15. The van der Waals surface area contributed by atoms with Crippen molar-refractivity contribution in [3.05, 3.63) is 0 Å². The van der Waals surface area contributed by atoms with Crippen LogP contribution in [0.2, 0.25) is 0 Å². The summed E-state index contributed by atoms with van der Waals surface area (Å²) in [7, 11) is 0. The Morgan fingerprint density at radius 1 is 0.409 bits per heavy atom. The molecule has 0 saturated heterocycles. The van der Waals surface area contributed by atoms with Crippen molar-refractivity contribution in [2.45, 2.75) is 102 Å². The van der Waals surface area contributed by atoms with E-state index in [2.05, 4.69) is 0 Å². The van der Waals surface area contributed by atoms with E-state index in [1.54, 1.807) is 0 Å². The van der Waals surface area contributed by atoms with Crippen molar-refractivity contribution in [3.63, 3.8) is 0 Å². The van der Waals surface area contributed by atoms with Gasteiger partial charge in [-0.05, 0) is 36.5 Å². The minimum Gasteiger partial charge on any atom is -0.390 e. The van der Waals surface area contributed by atoms with Crippen LogP contribution in [0.1, 0.15) is 89.9 Å². The second-order valence-corrected chi connectivity index (χ2v) is 8.66. The molecule has 4 bridgehead atoms. The Bertz CT molecular complexity index is 276. The van der Waals surface area contributed by atoms with Gasteiger partial charge in [0.2, 0.25) is 0 Å². The van der Waals surface area contributed by atoms with E-state index < -0.39 is 12.2 Å². The van der Waals surface area contributed by atoms with Gasteiger partial charge in [0, 0.05) is 0 Å². The summed E-state index contributed by atoms with van der Waals surface area (Å²) in [6, 6.07) is 0. The van der Waals surface area contributed by atoms with Crippen LogP contribution in [0.3, 0.4) is 0 Å². The maximum absolute atomic E-state index is 10.4. The van der Waals surface area contributed by atoms with Crippen LogP contribution in [-0.4, -0.2) is 22.4 Å². The Morgan fingerprint density at radius 3 is 1.09 bits per heavy atom. The van der Waals surface area contributed by atoms with Crippen LogP contribution in [0, 0.1) is 23.7 Å². The molecule has 6 fully saturated rings. The summed E-state index contributed by atoms with van der Waals surface area (Å²) in [6.45, 7) is 0. The molecule has 0 heterocycles. The molecule has 6 rings (SSSR count). The molecule has 0 aliphatic heterocycles. The van der Waals surface area contributed by atoms with Gasteiger partial charge in [0.05, 0.1) is 12.2 Å². The van der Waals surface area contributed by atoms with Crippen LogP contribution >= 0.6 is 0 Å². The molecule has 2 nitrogen and oxygen atoms in total. The van der Waals surface area contributed by atoms with Crippen LogP contribution < -0.4 is 0 Å². The molecule has 22 heavy (non-hydrogen) atoms. The monoisotopic (exact) mass is 308 g/mol. The van der Waals surface area contributed by atoms with E-state index in [9.17, 15) is 10.2 Å². The van der Waals surface area contributed by atoms with Gasteiger partial charge in [-0.3, -0.25) is 0 Å². The summed E-state index contributed by atoms with van der Waals surface area (Å²) in [4.78, 5) is 0. The fourth-order valence-corrected chi connectivity index (χ4v) is 5.37. The minimum atomic E-state index is -0.479. The van der Waals surface area contributed by atoms with Crippen molar-refractivity contribution >= 4 is 0 Å². The van der Waals surface area contributed by atoms with Crippen molar-refractivity contribution in [1.29, 1.82) is 0 Å². The van der Waals surface area contributed by atoms with E-state index >= 15 is 0 Å². The molecular weight excluding hydrogens is 272 g/mol. The van der Waals surface area contributed by atoms with Gasteiger partial charge in [0.15, 0.2) is 0 Å². The Labute approximate surface area is 136 Å². The Kier molecular flexibility index (Phi) is 6.21. The van der Waals surface area contributed by atoms with Gasteiger partial charge in [-0.2, -0.15) is 0 Å². The molecule has 0 spiro atoms. The number of hydrogen-bond donors (Lipinski definition) is 2. The third-order valence-electron chi connectivity index (χ3n) is 7.00. The first-order valence-corrected chi connectivity index (χ1v) is 10.1. The maximum atomic E-state index is 10.4. The van der Waals surface area contributed by atoms with E-state index in [-0.39, 0.29) is 0 Å². The summed E-state index contributed by atoms with van der Waals surface area (Å²) in [5, 5.41) is 20.8. The third-order valence-corrected chi connectivity index (χ3v) is 7.00. The quantitative estimate of drug-likeness (QED) is 0.682. The highest BCUT2D eigenvalue weighted by Crippen LogP contribution is 2.38. The first-order chi connectivity index (χ1) is 10.7. The van der Waals surface area contributed by atoms with Crippen molar-refractivity contribution in [2.75, 3.05) is 0 Å². The van der Waals surface area contributed by atoms with Gasteiger partial charge in [-0.25, -0.2) is 0 Å². The second-order valence-electron chi connectivity index (χ2n) is 8.66. The van der Waals surface area contributed by atoms with Crippen LogP contribution in [0.5, 0.6) is 0 Å². The maximum Gasteiger partial charge on any atom is 0.0801 e.